The van der Waals surface area contributed by atoms with Crippen LogP contribution in [-0.4, -0.2) is 25.2 Å². The Balaban J connectivity index is 1.69. The summed E-state index contributed by atoms with van der Waals surface area (Å²) in [5.41, 5.74) is -0.132. The van der Waals surface area contributed by atoms with Gasteiger partial charge in [0.15, 0.2) is 0 Å². The highest BCUT2D eigenvalue weighted by molar-refractivity contribution is 5.96. The second kappa shape index (κ2) is 15.9. The first kappa shape index (κ1) is 29.2. The van der Waals surface area contributed by atoms with Gasteiger partial charge in [-0.05, 0) is 36.8 Å². The molecule has 0 unspecified atom stereocenters. The molecule has 2 aromatic rings. The summed E-state index contributed by atoms with van der Waals surface area (Å²) < 4.78 is 49.2. The predicted molar refractivity (Wildman–Crippen MR) is 134 cm³/mol. The average Bonchev–Trinajstić information content (AvgIpc) is 2.85. The maximum absolute atomic E-state index is 13.0. The summed E-state index contributed by atoms with van der Waals surface area (Å²) in [6.07, 6.45) is 6.31. The van der Waals surface area contributed by atoms with Crippen molar-refractivity contribution in [3.63, 3.8) is 0 Å². The molecule has 1 N–H and O–H groups in total. The van der Waals surface area contributed by atoms with E-state index in [1.807, 2.05) is 0 Å². The van der Waals surface area contributed by atoms with Crippen LogP contribution in [0.2, 0.25) is 0 Å². The molecule has 2 aromatic carbocycles. The average molecular weight is 508 g/mol. The molecule has 0 aromatic heterocycles. The van der Waals surface area contributed by atoms with Crippen LogP contribution in [0.5, 0.6) is 0 Å². The third-order valence-corrected chi connectivity index (χ3v) is 5.68. The molecule has 0 heterocycles. The minimum absolute atomic E-state index is 0.0504. The van der Waals surface area contributed by atoms with Crippen LogP contribution < -0.4 is 5.32 Å². The summed E-state index contributed by atoms with van der Waals surface area (Å²) in [5.74, 6) is -0.985. The lowest BCUT2D eigenvalue weighted by Gasteiger charge is -2.13. The van der Waals surface area contributed by atoms with E-state index in [1.165, 1.54) is 56.7 Å². The van der Waals surface area contributed by atoms with Crippen molar-refractivity contribution in [2.24, 2.45) is 0 Å². The molecule has 5 nitrogen and oxygen atoms in total. The molecule has 0 atom stereocenters. The maximum Gasteiger partial charge on any atom is 0.416 e. The van der Waals surface area contributed by atoms with Gasteiger partial charge < -0.3 is 14.8 Å². The Morgan fingerprint density at radius 2 is 1.44 bits per heavy atom. The molecule has 0 amide bonds. The second-order valence-corrected chi connectivity index (χ2v) is 8.68. The number of hydrogen-bond acceptors (Lipinski definition) is 5. The maximum atomic E-state index is 13.0. The molecule has 0 aliphatic carbocycles. The smallest absolute Gasteiger partial charge is 0.416 e. The Labute approximate surface area is 211 Å². The first-order valence-corrected chi connectivity index (χ1v) is 12.7. The third-order valence-electron chi connectivity index (χ3n) is 5.68. The Morgan fingerprint density at radius 3 is 2.14 bits per heavy atom. The fraction of sp³-hybridized carbons (Fsp3) is 0.500. The van der Waals surface area contributed by atoms with Gasteiger partial charge in [-0.1, -0.05) is 76.5 Å². The van der Waals surface area contributed by atoms with Crippen LogP contribution in [0.3, 0.4) is 0 Å². The van der Waals surface area contributed by atoms with E-state index in [-0.39, 0.29) is 30.4 Å². The molecular weight excluding hydrogens is 471 g/mol. The Morgan fingerprint density at radius 1 is 0.806 bits per heavy atom. The van der Waals surface area contributed by atoms with Crippen LogP contribution in [0.15, 0.2) is 48.5 Å². The van der Waals surface area contributed by atoms with Gasteiger partial charge in [0.05, 0.1) is 16.8 Å². The number of rotatable bonds is 16. The lowest BCUT2D eigenvalue weighted by atomic mass is 10.1. The molecular formula is C28H36F3NO4. The molecule has 0 bridgehead atoms. The number of anilines is 2. The molecule has 0 aliphatic heterocycles. The second-order valence-electron chi connectivity index (χ2n) is 8.68. The number of benzene rings is 2. The monoisotopic (exact) mass is 507 g/mol. The number of carbonyl (C=O) groups is 2. The first-order chi connectivity index (χ1) is 17.3. The van der Waals surface area contributed by atoms with Gasteiger partial charge in [0.25, 0.3) is 0 Å². The summed E-state index contributed by atoms with van der Waals surface area (Å²) in [5, 5.41) is 2.84. The number of ether oxygens (including phenoxy) is 2. The van der Waals surface area contributed by atoms with E-state index in [0.29, 0.717) is 12.1 Å². The molecule has 0 saturated heterocycles. The Bertz CT molecular complexity index is 946. The Kier molecular flexibility index (Phi) is 12.9. The van der Waals surface area contributed by atoms with Crippen molar-refractivity contribution in [3.8, 4) is 0 Å². The van der Waals surface area contributed by atoms with Crippen LogP contribution in [-0.2, 0) is 20.4 Å². The summed E-state index contributed by atoms with van der Waals surface area (Å²) in [6.45, 7) is 2.04. The molecule has 0 fully saturated rings. The van der Waals surface area contributed by atoms with Crippen LogP contribution in [0, 0.1) is 0 Å². The van der Waals surface area contributed by atoms with Crippen LogP contribution >= 0.6 is 0 Å². The molecule has 0 spiro atoms. The fourth-order valence-corrected chi connectivity index (χ4v) is 3.72. The Hall–Kier alpha value is -3.03. The molecule has 0 aliphatic rings. The minimum atomic E-state index is -4.47. The van der Waals surface area contributed by atoms with Crippen molar-refractivity contribution < 1.29 is 32.2 Å². The highest BCUT2D eigenvalue weighted by Gasteiger charge is 2.30. The number of nitrogens with one attached hydrogen (secondary N) is 1. The van der Waals surface area contributed by atoms with E-state index >= 15 is 0 Å². The highest BCUT2D eigenvalue weighted by atomic mass is 19.4. The van der Waals surface area contributed by atoms with E-state index < -0.39 is 17.7 Å². The van der Waals surface area contributed by atoms with Crippen molar-refractivity contribution in [2.75, 3.05) is 18.5 Å². The number of hydrogen-bond donors (Lipinski definition) is 1. The van der Waals surface area contributed by atoms with Crippen molar-refractivity contribution in [1.29, 1.82) is 0 Å². The van der Waals surface area contributed by atoms with Crippen LogP contribution in [0.4, 0.5) is 24.5 Å². The number of unbranched alkanes of at least 4 members (excludes halogenated alkanes) is 8. The first-order valence-electron chi connectivity index (χ1n) is 12.7. The molecule has 198 valence electrons. The lowest BCUT2D eigenvalue weighted by Crippen LogP contribution is -2.15. The topological polar surface area (TPSA) is 64.6 Å². The number of alkyl halides is 3. The van der Waals surface area contributed by atoms with Gasteiger partial charge >= 0.3 is 18.1 Å². The lowest BCUT2D eigenvalue weighted by molar-refractivity contribution is -0.144. The van der Waals surface area contributed by atoms with Gasteiger partial charge in [-0.15, -0.1) is 0 Å². The van der Waals surface area contributed by atoms with E-state index in [9.17, 15) is 22.8 Å². The summed E-state index contributed by atoms with van der Waals surface area (Å²) in [7, 11) is 0. The molecule has 0 radical (unpaired) electrons. The third kappa shape index (κ3) is 11.1. The zero-order valence-electron chi connectivity index (χ0n) is 20.9. The SMILES string of the molecule is CCCCCCCCCCCC(=O)OCCOC(=O)c1ccccc1Nc1cccc(C(F)(F)F)c1. The zero-order valence-corrected chi connectivity index (χ0v) is 20.9. The van der Waals surface area contributed by atoms with E-state index in [2.05, 4.69) is 12.2 Å². The van der Waals surface area contributed by atoms with Gasteiger partial charge in [0, 0.05) is 12.1 Å². The number of halogens is 3. The van der Waals surface area contributed by atoms with Crippen LogP contribution in [0.1, 0.15) is 87.1 Å². The highest BCUT2D eigenvalue weighted by Crippen LogP contribution is 2.32. The fourth-order valence-electron chi connectivity index (χ4n) is 3.72. The number of para-hydroxylation sites is 1. The summed E-state index contributed by atoms with van der Waals surface area (Å²) in [4.78, 5) is 24.4. The van der Waals surface area contributed by atoms with Gasteiger partial charge in [0.2, 0.25) is 0 Å². The van der Waals surface area contributed by atoms with E-state index in [1.54, 1.807) is 18.2 Å². The molecule has 0 saturated carbocycles. The van der Waals surface area contributed by atoms with Crippen molar-refractivity contribution in [2.45, 2.75) is 77.3 Å². The quantitative estimate of drug-likeness (QED) is 0.184. The predicted octanol–water partition coefficient (Wildman–Crippen LogP) is 8.07. The van der Waals surface area contributed by atoms with Crippen molar-refractivity contribution >= 4 is 23.3 Å². The molecule has 36 heavy (non-hydrogen) atoms. The molecule has 2 rings (SSSR count). The van der Waals surface area contributed by atoms with E-state index in [4.69, 9.17) is 9.47 Å². The summed E-state index contributed by atoms with van der Waals surface area (Å²) >= 11 is 0. The van der Waals surface area contributed by atoms with E-state index in [0.717, 1.165) is 31.4 Å². The zero-order chi connectivity index (χ0) is 26.2. The van der Waals surface area contributed by atoms with Gasteiger partial charge in [-0.3, -0.25) is 4.79 Å². The standard InChI is InChI=1S/C28H36F3NO4/c1-2-3-4-5-6-7-8-9-10-18-26(33)35-19-20-36-27(34)24-16-11-12-17-25(24)32-23-15-13-14-22(21-23)28(29,30)31/h11-17,21,32H,2-10,18-20H2,1H3. The minimum Gasteiger partial charge on any atom is -0.462 e. The van der Waals surface area contributed by atoms with Gasteiger partial charge in [0.1, 0.15) is 13.2 Å². The van der Waals surface area contributed by atoms with Crippen LogP contribution in [0.25, 0.3) is 0 Å². The number of carbonyl (C=O) groups excluding carboxylic acids is 2. The van der Waals surface area contributed by atoms with Gasteiger partial charge in [-0.25, -0.2) is 4.79 Å². The summed E-state index contributed by atoms with van der Waals surface area (Å²) in [6, 6.07) is 11.1. The normalized spacial score (nSPS) is 11.2. The van der Waals surface area contributed by atoms with Gasteiger partial charge in [-0.2, -0.15) is 13.2 Å². The largest absolute Gasteiger partial charge is 0.462 e. The van der Waals surface area contributed by atoms with Crippen molar-refractivity contribution in [1.82, 2.24) is 0 Å². The number of esters is 2. The van der Waals surface area contributed by atoms with Crippen molar-refractivity contribution in [3.05, 3.63) is 59.7 Å². The molecule has 8 heteroatoms.